The average Bonchev–Trinajstić information content (AvgIpc) is 1.79. The molecule has 3 N–H and O–H groups in total. The number of nitrogens with two attached hydrogens (primary N) is 1. The Morgan fingerprint density at radius 3 is 2.55 bits per heavy atom. The number of rotatable bonds is 4. The van der Waals surface area contributed by atoms with Crippen LogP contribution in [0.2, 0.25) is 0 Å². The molecule has 0 aromatic rings. The normalized spacial score (nSPS) is 8.45. The molecule has 0 saturated heterocycles. The fourth-order valence-corrected chi connectivity index (χ4v) is 1.01. The summed E-state index contributed by atoms with van der Waals surface area (Å²) in [6.45, 7) is 1.57. The molecule has 11 heavy (non-hydrogen) atoms. The first-order valence-corrected chi connectivity index (χ1v) is 4.07. The second-order valence-corrected chi connectivity index (χ2v) is 3.16. The van der Waals surface area contributed by atoms with Crippen LogP contribution in [0.25, 0.3) is 0 Å². The largest absolute Gasteiger partial charge is 0.379 e. The van der Waals surface area contributed by atoms with Crippen molar-refractivity contribution in [3.8, 4) is 0 Å². The monoisotopic (exact) mass is 196 g/mol. The Morgan fingerprint density at radius 2 is 2.18 bits per heavy atom. The quantitative estimate of drug-likeness (QED) is 0.406. The van der Waals surface area contributed by atoms with E-state index in [1.54, 1.807) is 6.92 Å². The zero-order chi connectivity index (χ0) is 7.98. The second kappa shape index (κ2) is 7.88. The van der Waals surface area contributed by atoms with Crippen LogP contribution in [0.3, 0.4) is 0 Å². The first-order valence-electron chi connectivity index (χ1n) is 3.09. The van der Waals surface area contributed by atoms with E-state index >= 15 is 0 Å². The maximum atomic E-state index is 10.4. The Bertz CT molecular complexity index is 125. The maximum absolute atomic E-state index is 10.4. The molecule has 0 heterocycles. The van der Waals surface area contributed by atoms with Gasteiger partial charge in [-0.25, -0.2) is 0 Å². The summed E-state index contributed by atoms with van der Waals surface area (Å²) >= 11 is 1.28. The smallest absolute Gasteiger partial charge is 0.151 e. The number of thioether (sulfide) groups is 1. The van der Waals surface area contributed by atoms with Gasteiger partial charge >= 0.3 is 0 Å². The van der Waals surface area contributed by atoms with Gasteiger partial charge in [0, 0.05) is 12.2 Å². The number of hydrogen-bond acceptors (Lipinski definition) is 3. The number of hydrogen-bond donors (Lipinski definition) is 2. The molecule has 0 bridgehead atoms. The van der Waals surface area contributed by atoms with Gasteiger partial charge in [0.05, 0.1) is 0 Å². The molecule has 0 unspecified atom stereocenters. The fourth-order valence-electron chi connectivity index (χ4n) is 0.503. The highest BCUT2D eigenvalue weighted by molar-refractivity contribution is 8.13. The summed E-state index contributed by atoms with van der Waals surface area (Å²) in [6, 6.07) is 0. The Kier molecular flexibility index (Phi) is 9.58. The van der Waals surface area contributed by atoms with Gasteiger partial charge in [0.15, 0.2) is 5.17 Å². The van der Waals surface area contributed by atoms with Gasteiger partial charge in [-0.1, -0.05) is 11.8 Å². The zero-order valence-corrected chi connectivity index (χ0v) is 8.06. The molecule has 3 nitrogen and oxygen atoms in total. The molecule has 0 aliphatic carbocycles. The summed E-state index contributed by atoms with van der Waals surface area (Å²) < 4.78 is 0. The van der Waals surface area contributed by atoms with Crippen molar-refractivity contribution >= 4 is 35.1 Å². The van der Waals surface area contributed by atoms with E-state index in [1.165, 1.54) is 11.8 Å². The molecule has 5 heteroatoms. The third-order valence-electron chi connectivity index (χ3n) is 0.931. The van der Waals surface area contributed by atoms with Crippen LogP contribution < -0.4 is 5.73 Å². The third-order valence-corrected chi connectivity index (χ3v) is 1.73. The fraction of sp³-hybridized carbons (Fsp3) is 0.667. The van der Waals surface area contributed by atoms with Gasteiger partial charge in [0.25, 0.3) is 0 Å². The first kappa shape index (κ1) is 13.4. The standard InChI is InChI=1S/C6H12N2OS.ClH/c1-5(9)3-2-4-10-6(7)8;/h2-4H2,1H3,(H3,7,8);1H. The Balaban J connectivity index is 0. The van der Waals surface area contributed by atoms with Crippen molar-refractivity contribution in [3.05, 3.63) is 0 Å². The van der Waals surface area contributed by atoms with Gasteiger partial charge in [-0.05, 0) is 13.3 Å². The van der Waals surface area contributed by atoms with Gasteiger partial charge < -0.3 is 10.5 Å². The number of Topliss-reactive ketones (excluding diaryl/α,β-unsaturated/α-hetero) is 1. The van der Waals surface area contributed by atoms with Crippen molar-refractivity contribution in [3.63, 3.8) is 0 Å². The molecular formula is C6H13ClN2OS. The third kappa shape index (κ3) is 12.9. The van der Waals surface area contributed by atoms with Crippen LogP contribution >= 0.6 is 24.2 Å². The van der Waals surface area contributed by atoms with Crippen LogP contribution in [0.4, 0.5) is 0 Å². The highest BCUT2D eigenvalue weighted by Gasteiger charge is 1.94. The second-order valence-electron chi connectivity index (χ2n) is 2.02. The summed E-state index contributed by atoms with van der Waals surface area (Å²) in [7, 11) is 0. The van der Waals surface area contributed by atoms with Crippen molar-refractivity contribution < 1.29 is 4.79 Å². The van der Waals surface area contributed by atoms with E-state index in [1.807, 2.05) is 0 Å². The molecule has 66 valence electrons. The van der Waals surface area contributed by atoms with E-state index < -0.39 is 0 Å². The highest BCUT2D eigenvalue weighted by Crippen LogP contribution is 2.02. The molecule has 0 aliphatic heterocycles. The summed E-state index contributed by atoms with van der Waals surface area (Å²) in [5, 5.41) is 6.96. The van der Waals surface area contributed by atoms with E-state index in [4.69, 9.17) is 11.1 Å². The minimum atomic E-state index is 0. The summed E-state index contributed by atoms with van der Waals surface area (Å²) in [5.74, 6) is 0.971. The van der Waals surface area contributed by atoms with Gasteiger partial charge in [-0.3, -0.25) is 5.41 Å². The molecule has 0 aromatic carbocycles. The molecule has 0 aromatic heterocycles. The van der Waals surface area contributed by atoms with Crippen LogP contribution in [0.5, 0.6) is 0 Å². The number of amidine groups is 1. The van der Waals surface area contributed by atoms with Crippen molar-refractivity contribution in [2.75, 3.05) is 5.75 Å². The number of halogens is 1. The van der Waals surface area contributed by atoms with Crippen LogP contribution in [0, 0.1) is 5.41 Å². The SMILES string of the molecule is CC(=O)CCCSC(=N)N.Cl. The summed E-state index contributed by atoms with van der Waals surface area (Å²) in [5.41, 5.74) is 5.07. The number of nitrogens with one attached hydrogen (secondary N) is 1. The van der Waals surface area contributed by atoms with Gasteiger partial charge in [0.2, 0.25) is 0 Å². The number of carbonyl (C=O) groups excluding carboxylic acids is 1. The molecule has 0 amide bonds. The molecule has 0 radical (unpaired) electrons. The van der Waals surface area contributed by atoms with Gasteiger partial charge in [-0.15, -0.1) is 12.4 Å². The van der Waals surface area contributed by atoms with Crippen molar-refractivity contribution in [2.24, 2.45) is 5.73 Å². The van der Waals surface area contributed by atoms with Crippen molar-refractivity contribution in [1.29, 1.82) is 5.41 Å². The Labute approximate surface area is 77.0 Å². The molecular weight excluding hydrogens is 184 g/mol. The van der Waals surface area contributed by atoms with E-state index in [0.717, 1.165) is 12.2 Å². The molecule has 0 atom stereocenters. The maximum Gasteiger partial charge on any atom is 0.151 e. The van der Waals surface area contributed by atoms with E-state index in [2.05, 4.69) is 0 Å². The first-order chi connectivity index (χ1) is 4.63. The van der Waals surface area contributed by atoms with E-state index in [9.17, 15) is 4.79 Å². The molecule has 0 saturated carbocycles. The number of carbonyl (C=O) groups is 1. The Morgan fingerprint density at radius 1 is 1.64 bits per heavy atom. The van der Waals surface area contributed by atoms with Crippen molar-refractivity contribution in [1.82, 2.24) is 0 Å². The molecule has 0 aliphatic rings. The van der Waals surface area contributed by atoms with E-state index in [-0.39, 0.29) is 23.4 Å². The lowest BCUT2D eigenvalue weighted by Crippen LogP contribution is -2.04. The lowest BCUT2D eigenvalue weighted by molar-refractivity contribution is -0.117. The minimum Gasteiger partial charge on any atom is -0.379 e. The predicted octanol–water partition coefficient (Wildman–Crippen LogP) is 1.40. The number of ketones is 1. The molecule has 0 rings (SSSR count). The minimum absolute atomic E-state index is 0. The van der Waals surface area contributed by atoms with Gasteiger partial charge in [0.1, 0.15) is 5.78 Å². The molecule has 0 fully saturated rings. The zero-order valence-electron chi connectivity index (χ0n) is 6.42. The lowest BCUT2D eigenvalue weighted by atomic mass is 10.3. The molecule has 0 spiro atoms. The van der Waals surface area contributed by atoms with Crippen LogP contribution in [0.15, 0.2) is 0 Å². The van der Waals surface area contributed by atoms with Crippen LogP contribution in [-0.4, -0.2) is 16.7 Å². The Hall–Kier alpha value is -0.220. The van der Waals surface area contributed by atoms with Crippen LogP contribution in [0.1, 0.15) is 19.8 Å². The van der Waals surface area contributed by atoms with Gasteiger partial charge in [-0.2, -0.15) is 0 Å². The average molecular weight is 197 g/mol. The lowest BCUT2D eigenvalue weighted by Gasteiger charge is -1.95. The topological polar surface area (TPSA) is 66.9 Å². The summed E-state index contributed by atoms with van der Waals surface area (Å²) in [4.78, 5) is 10.4. The van der Waals surface area contributed by atoms with E-state index in [0.29, 0.717) is 6.42 Å². The van der Waals surface area contributed by atoms with Crippen LogP contribution in [-0.2, 0) is 4.79 Å². The summed E-state index contributed by atoms with van der Waals surface area (Å²) in [6.07, 6.45) is 1.42. The predicted molar refractivity (Wildman–Crippen MR) is 51.5 cm³/mol. The van der Waals surface area contributed by atoms with Crippen molar-refractivity contribution in [2.45, 2.75) is 19.8 Å². The highest BCUT2D eigenvalue weighted by atomic mass is 35.5.